The Kier molecular flexibility index (Phi) is 6.77. The lowest BCUT2D eigenvalue weighted by atomic mass is 10.1. The van der Waals surface area contributed by atoms with Gasteiger partial charge in [0.1, 0.15) is 5.82 Å². The molecule has 3 aromatic rings. The van der Waals surface area contributed by atoms with Crippen molar-refractivity contribution in [1.82, 2.24) is 19.5 Å². The van der Waals surface area contributed by atoms with Gasteiger partial charge in [0.15, 0.2) is 5.16 Å². The molecule has 154 valence electrons. The van der Waals surface area contributed by atoms with E-state index < -0.39 is 10.0 Å². The molecule has 0 amide bonds. The highest BCUT2D eigenvalue weighted by Crippen LogP contribution is 2.24. The number of nitrogens with zero attached hydrogens (tertiary/aromatic N) is 3. The summed E-state index contributed by atoms with van der Waals surface area (Å²) in [6.07, 6.45) is 0. The molecule has 2 aromatic carbocycles. The van der Waals surface area contributed by atoms with E-state index in [2.05, 4.69) is 47.0 Å². The van der Waals surface area contributed by atoms with Crippen LogP contribution in [0, 0.1) is 20.8 Å². The number of rotatable bonds is 8. The van der Waals surface area contributed by atoms with E-state index in [4.69, 9.17) is 0 Å². The molecule has 29 heavy (non-hydrogen) atoms. The maximum Gasteiger partial charge on any atom is 0.240 e. The van der Waals surface area contributed by atoms with E-state index in [9.17, 15) is 8.42 Å². The minimum absolute atomic E-state index is 0.0983. The standard InChI is InChI=1S/C21H26N4O2S2/c1-5-25-20(13-22-29(26,27)19-10-7-15(2)8-11-19)23-24-21(25)28-14-18-12-16(3)6-9-17(18)4/h6-12,22H,5,13-14H2,1-4H3. The van der Waals surface area contributed by atoms with Crippen molar-refractivity contribution in [2.24, 2.45) is 0 Å². The summed E-state index contributed by atoms with van der Waals surface area (Å²) in [5.74, 6) is 1.40. The topological polar surface area (TPSA) is 76.9 Å². The lowest BCUT2D eigenvalue weighted by Crippen LogP contribution is -2.25. The van der Waals surface area contributed by atoms with Gasteiger partial charge in [0, 0.05) is 12.3 Å². The fourth-order valence-corrected chi connectivity index (χ4v) is 5.00. The summed E-state index contributed by atoms with van der Waals surface area (Å²) >= 11 is 1.61. The number of aromatic nitrogens is 3. The average Bonchev–Trinajstić information content (AvgIpc) is 3.09. The van der Waals surface area contributed by atoms with Gasteiger partial charge in [-0.05, 0) is 51.0 Å². The van der Waals surface area contributed by atoms with Gasteiger partial charge in [-0.15, -0.1) is 10.2 Å². The Labute approximate surface area is 176 Å². The van der Waals surface area contributed by atoms with Crippen molar-refractivity contribution in [2.45, 2.75) is 56.6 Å². The Balaban J connectivity index is 1.70. The van der Waals surface area contributed by atoms with Crippen LogP contribution in [0.25, 0.3) is 0 Å². The molecule has 0 aliphatic carbocycles. The highest BCUT2D eigenvalue weighted by atomic mass is 32.2. The summed E-state index contributed by atoms with van der Waals surface area (Å²) in [5, 5.41) is 9.29. The third kappa shape index (κ3) is 5.26. The van der Waals surface area contributed by atoms with Gasteiger partial charge in [-0.1, -0.05) is 53.2 Å². The molecule has 3 rings (SSSR count). The van der Waals surface area contributed by atoms with E-state index in [0.717, 1.165) is 16.5 Å². The maximum absolute atomic E-state index is 12.5. The quantitative estimate of drug-likeness (QED) is 0.547. The summed E-state index contributed by atoms with van der Waals surface area (Å²) < 4.78 is 29.6. The van der Waals surface area contributed by atoms with Crippen LogP contribution in [0.3, 0.4) is 0 Å². The number of benzene rings is 2. The summed E-state index contributed by atoms with van der Waals surface area (Å²) in [5.41, 5.74) is 4.76. The van der Waals surface area contributed by atoms with Gasteiger partial charge >= 0.3 is 0 Å². The van der Waals surface area contributed by atoms with E-state index in [1.807, 2.05) is 18.4 Å². The third-order valence-electron chi connectivity index (χ3n) is 4.72. The second-order valence-electron chi connectivity index (χ2n) is 7.00. The SMILES string of the molecule is CCn1c(CNS(=O)(=O)c2ccc(C)cc2)nnc1SCc1cc(C)ccc1C. The Morgan fingerprint density at radius 1 is 1.00 bits per heavy atom. The molecule has 0 spiro atoms. The van der Waals surface area contributed by atoms with Gasteiger partial charge in [-0.3, -0.25) is 0 Å². The van der Waals surface area contributed by atoms with Crippen molar-refractivity contribution in [3.63, 3.8) is 0 Å². The van der Waals surface area contributed by atoms with Crippen LogP contribution in [0.5, 0.6) is 0 Å². The van der Waals surface area contributed by atoms with Crippen molar-refractivity contribution < 1.29 is 8.42 Å². The lowest BCUT2D eigenvalue weighted by Gasteiger charge is -2.10. The van der Waals surface area contributed by atoms with Gasteiger partial charge < -0.3 is 4.57 Å². The second-order valence-corrected chi connectivity index (χ2v) is 9.71. The fourth-order valence-electron chi connectivity index (χ4n) is 2.93. The summed E-state index contributed by atoms with van der Waals surface area (Å²) in [6.45, 7) is 8.88. The van der Waals surface area contributed by atoms with Crippen LogP contribution in [0.2, 0.25) is 0 Å². The molecule has 1 heterocycles. The van der Waals surface area contributed by atoms with Crippen LogP contribution in [-0.4, -0.2) is 23.2 Å². The molecular formula is C21H26N4O2S2. The molecule has 0 bridgehead atoms. The van der Waals surface area contributed by atoms with E-state index in [0.29, 0.717) is 12.4 Å². The molecule has 0 aliphatic heterocycles. The first kappa shape index (κ1) is 21.5. The van der Waals surface area contributed by atoms with Crippen LogP contribution in [-0.2, 0) is 28.9 Å². The highest BCUT2D eigenvalue weighted by Gasteiger charge is 2.17. The molecule has 0 unspecified atom stereocenters. The predicted molar refractivity (Wildman–Crippen MR) is 116 cm³/mol. The van der Waals surface area contributed by atoms with Crippen molar-refractivity contribution in [3.8, 4) is 0 Å². The van der Waals surface area contributed by atoms with E-state index in [1.54, 1.807) is 36.0 Å². The normalized spacial score (nSPS) is 11.7. The molecule has 0 radical (unpaired) electrons. The molecular weight excluding hydrogens is 404 g/mol. The Morgan fingerprint density at radius 3 is 2.38 bits per heavy atom. The third-order valence-corrected chi connectivity index (χ3v) is 7.16. The molecule has 1 N–H and O–H groups in total. The van der Waals surface area contributed by atoms with Crippen LogP contribution >= 0.6 is 11.8 Å². The zero-order valence-electron chi connectivity index (χ0n) is 17.1. The van der Waals surface area contributed by atoms with Crippen LogP contribution in [0.15, 0.2) is 52.5 Å². The van der Waals surface area contributed by atoms with Gasteiger partial charge in [-0.2, -0.15) is 0 Å². The molecule has 0 aliphatic rings. The highest BCUT2D eigenvalue weighted by molar-refractivity contribution is 7.98. The Hall–Kier alpha value is -2.16. The molecule has 0 fully saturated rings. The van der Waals surface area contributed by atoms with Crippen molar-refractivity contribution in [2.75, 3.05) is 0 Å². The van der Waals surface area contributed by atoms with Crippen LogP contribution in [0.4, 0.5) is 0 Å². The predicted octanol–water partition coefficient (Wildman–Crippen LogP) is 3.99. The van der Waals surface area contributed by atoms with Crippen LogP contribution < -0.4 is 4.72 Å². The first-order chi connectivity index (χ1) is 13.8. The zero-order chi connectivity index (χ0) is 21.0. The smallest absolute Gasteiger partial charge is 0.240 e. The molecule has 1 aromatic heterocycles. The van der Waals surface area contributed by atoms with Gasteiger partial charge in [0.05, 0.1) is 11.4 Å². The molecule has 6 nitrogen and oxygen atoms in total. The first-order valence-electron chi connectivity index (χ1n) is 9.47. The minimum Gasteiger partial charge on any atom is -0.305 e. The van der Waals surface area contributed by atoms with Gasteiger partial charge in [0.25, 0.3) is 0 Å². The molecule has 0 saturated carbocycles. The van der Waals surface area contributed by atoms with Gasteiger partial charge in [0.2, 0.25) is 10.0 Å². The Morgan fingerprint density at radius 2 is 1.69 bits per heavy atom. The van der Waals surface area contributed by atoms with Crippen LogP contribution in [0.1, 0.15) is 35.0 Å². The minimum atomic E-state index is -3.59. The number of aryl methyl sites for hydroxylation is 3. The monoisotopic (exact) mass is 430 g/mol. The average molecular weight is 431 g/mol. The number of hydrogen-bond donors (Lipinski definition) is 1. The van der Waals surface area contributed by atoms with Crippen molar-refractivity contribution in [3.05, 3.63) is 70.5 Å². The summed E-state index contributed by atoms with van der Waals surface area (Å²) in [4.78, 5) is 0.246. The summed E-state index contributed by atoms with van der Waals surface area (Å²) in [6, 6.07) is 13.2. The number of thioether (sulfide) groups is 1. The van der Waals surface area contributed by atoms with Crippen molar-refractivity contribution >= 4 is 21.8 Å². The number of sulfonamides is 1. The second kappa shape index (κ2) is 9.11. The number of hydrogen-bond acceptors (Lipinski definition) is 5. The van der Waals surface area contributed by atoms with Gasteiger partial charge in [-0.25, -0.2) is 13.1 Å². The lowest BCUT2D eigenvalue weighted by molar-refractivity contribution is 0.572. The molecule has 0 atom stereocenters. The van der Waals surface area contributed by atoms with Crippen molar-refractivity contribution in [1.29, 1.82) is 0 Å². The molecule has 0 saturated heterocycles. The number of nitrogens with one attached hydrogen (secondary N) is 1. The largest absolute Gasteiger partial charge is 0.305 e. The Bertz CT molecular complexity index is 1090. The van der Waals surface area contributed by atoms with E-state index in [-0.39, 0.29) is 11.4 Å². The first-order valence-corrected chi connectivity index (χ1v) is 11.9. The maximum atomic E-state index is 12.5. The zero-order valence-corrected chi connectivity index (χ0v) is 18.8. The fraction of sp³-hybridized carbons (Fsp3) is 0.333. The summed E-state index contributed by atoms with van der Waals surface area (Å²) in [7, 11) is -3.59. The van der Waals surface area contributed by atoms with E-state index in [1.165, 1.54) is 16.7 Å². The molecule has 8 heteroatoms. The van der Waals surface area contributed by atoms with E-state index >= 15 is 0 Å².